The second kappa shape index (κ2) is 8.15. The van der Waals surface area contributed by atoms with Crippen molar-refractivity contribution >= 4 is 0 Å². The maximum absolute atomic E-state index is 2.36. The fraction of sp³-hybridized carbons (Fsp3) is 1.00. The highest BCUT2D eigenvalue weighted by molar-refractivity contribution is 4.57. The van der Waals surface area contributed by atoms with Gasteiger partial charge in [0.1, 0.15) is 0 Å². The minimum absolute atomic E-state index is 0.949. The fourth-order valence-electron chi connectivity index (χ4n) is 2.52. The number of nitrogens with zero attached hydrogens (tertiary/aromatic N) is 1. The van der Waals surface area contributed by atoms with E-state index in [1.807, 2.05) is 0 Å². The third-order valence-corrected chi connectivity index (χ3v) is 4.20. The predicted molar refractivity (Wildman–Crippen MR) is 70.1 cm³/mol. The van der Waals surface area contributed by atoms with Gasteiger partial charge >= 0.3 is 0 Å². The molecule has 1 atom stereocenters. The Balaban J connectivity index is 4.21. The highest BCUT2D eigenvalue weighted by Crippen LogP contribution is 2.19. The summed E-state index contributed by atoms with van der Waals surface area (Å²) in [6.45, 7) is 17.0. The van der Waals surface area contributed by atoms with E-state index in [1.165, 1.54) is 56.3 Å². The largest absolute Gasteiger partial charge is 0.324 e. The van der Waals surface area contributed by atoms with E-state index in [-0.39, 0.29) is 0 Å². The first-order chi connectivity index (χ1) is 7.17. The van der Waals surface area contributed by atoms with E-state index in [0.29, 0.717) is 0 Å². The van der Waals surface area contributed by atoms with Gasteiger partial charge < -0.3 is 4.48 Å². The smallest absolute Gasteiger partial charge is 0.0814 e. The molecule has 0 aromatic heterocycles. The van der Waals surface area contributed by atoms with Crippen molar-refractivity contribution in [3.05, 3.63) is 0 Å². The van der Waals surface area contributed by atoms with Crippen LogP contribution in [0.3, 0.4) is 0 Å². The van der Waals surface area contributed by atoms with Gasteiger partial charge in [-0.25, -0.2) is 0 Å². The minimum Gasteiger partial charge on any atom is -0.324 e. The van der Waals surface area contributed by atoms with Gasteiger partial charge in [0.2, 0.25) is 0 Å². The summed E-state index contributed by atoms with van der Waals surface area (Å²) in [6, 6.07) is 0. The van der Waals surface area contributed by atoms with E-state index in [0.717, 1.165) is 5.92 Å². The summed E-state index contributed by atoms with van der Waals surface area (Å²) < 4.78 is 1.32. The van der Waals surface area contributed by atoms with Crippen molar-refractivity contribution < 1.29 is 4.48 Å². The van der Waals surface area contributed by atoms with Crippen LogP contribution in [-0.4, -0.2) is 30.7 Å². The van der Waals surface area contributed by atoms with Gasteiger partial charge in [0.05, 0.1) is 26.2 Å². The van der Waals surface area contributed by atoms with Crippen molar-refractivity contribution in [3.63, 3.8) is 0 Å². The topological polar surface area (TPSA) is 0 Å². The van der Waals surface area contributed by atoms with Crippen molar-refractivity contribution in [2.24, 2.45) is 5.92 Å². The van der Waals surface area contributed by atoms with Crippen molar-refractivity contribution in [2.75, 3.05) is 26.2 Å². The number of quaternary nitrogens is 1. The van der Waals surface area contributed by atoms with Crippen LogP contribution < -0.4 is 0 Å². The molecule has 15 heavy (non-hydrogen) atoms. The molecular formula is C14H32N+. The van der Waals surface area contributed by atoms with Crippen LogP contribution in [0.4, 0.5) is 0 Å². The molecule has 0 aromatic carbocycles. The summed E-state index contributed by atoms with van der Waals surface area (Å²) in [5.74, 6) is 0.949. The quantitative estimate of drug-likeness (QED) is 0.507. The highest BCUT2D eigenvalue weighted by Gasteiger charge is 2.24. The van der Waals surface area contributed by atoms with Crippen LogP contribution in [0.5, 0.6) is 0 Å². The second-order valence-corrected chi connectivity index (χ2v) is 4.89. The third-order valence-electron chi connectivity index (χ3n) is 4.20. The van der Waals surface area contributed by atoms with Crippen LogP contribution in [0.2, 0.25) is 0 Å². The van der Waals surface area contributed by atoms with Gasteiger partial charge in [-0.3, -0.25) is 0 Å². The lowest BCUT2D eigenvalue weighted by Crippen LogP contribution is -2.50. The van der Waals surface area contributed by atoms with E-state index in [2.05, 4.69) is 34.6 Å². The second-order valence-electron chi connectivity index (χ2n) is 4.89. The average molecular weight is 214 g/mol. The first kappa shape index (κ1) is 15.0. The summed E-state index contributed by atoms with van der Waals surface area (Å²) in [7, 11) is 0. The zero-order valence-electron chi connectivity index (χ0n) is 11.7. The average Bonchev–Trinajstić information content (AvgIpc) is 2.30. The molecule has 1 nitrogen and oxygen atoms in total. The Morgan fingerprint density at radius 3 is 1.73 bits per heavy atom. The Hall–Kier alpha value is -0.0400. The summed E-state index contributed by atoms with van der Waals surface area (Å²) in [5.41, 5.74) is 0. The van der Waals surface area contributed by atoms with Crippen LogP contribution in [0, 0.1) is 5.92 Å². The van der Waals surface area contributed by atoms with Gasteiger partial charge in [-0.2, -0.15) is 0 Å². The maximum atomic E-state index is 2.36. The van der Waals surface area contributed by atoms with Gasteiger partial charge in [-0.15, -0.1) is 0 Å². The zero-order valence-corrected chi connectivity index (χ0v) is 11.7. The molecule has 0 radical (unpaired) electrons. The summed E-state index contributed by atoms with van der Waals surface area (Å²) in [4.78, 5) is 0. The first-order valence-corrected chi connectivity index (χ1v) is 7.03. The van der Waals surface area contributed by atoms with Crippen LogP contribution in [0.15, 0.2) is 0 Å². The minimum atomic E-state index is 0.949. The number of rotatable bonds is 9. The molecule has 0 aliphatic heterocycles. The predicted octanol–water partition coefficient (Wildman–Crippen LogP) is 4.08. The normalized spacial score (nSPS) is 14.2. The molecule has 0 bridgehead atoms. The van der Waals surface area contributed by atoms with Crippen molar-refractivity contribution in [2.45, 2.75) is 60.3 Å². The molecule has 0 heterocycles. The van der Waals surface area contributed by atoms with Crippen molar-refractivity contribution in [1.29, 1.82) is 0 Å². The monoisotopic (exact) mass is 214 g/mol. The molecule has 0 saturated carbocycles. The van der Waals surface area contributed by atoms with Gasteiger partial charge in [0, 0.05) is 5.92 Å². The molecule has 0 aliphatic carbocycles. The number of hydrogen-bond acceptors (Lipinski definition) is 0. The van der Waals surface area contributed by atoms with E-state index >= 15 is 0 Å². The van der Waals surface area contributed by atoms with E-state index in [4.69, 9.17) is 0 Å². The van der Waals surface area contributed by atoms with Crippen LogP contribution in [0.1, 0.15) is 60.3 Å². The number of hydrogen-bond donors (Lipinski definition) is 0. The Morgan fingerprint density at radius 2 is 1.40 bits per heavy atom. The van der Waals surface area contributed by atoms with E-state index in [1.54, 1.807) is 0 Å². The van der Waals surface area contributed by atoms with Gasteiger partial charge in [0.25, 0.3) is 0 Å². The molecule has 0 saturated heterocycles. The third kappa shape index (κ3) is 5.01. The molecule has 92 valence electrons. The summed E-state index contributed by atoms with van der Waals surface area (Å²) in [5, 5.41) is 0. The summed E-state index contributed by atoms with van der Waals surface area (Å²) in [6.07, 6.45) is 5.56. The molecular weight excluding hydrogens is 182 g/mol. The van der Waals surface area contributed by atoms with Crippen molar-refractivity contribution in [1.82, 2.24) is 0 Å². The maximum Gasteiger partial charge on any atom is 0.0814 e. The van der Waals surface area contributed by atoms with Crippen LogP contribution >= 0.6 is 0 Å². The van der Waals surface area contributed by atoms with Gasteiger partial charge in [-0.1, -0.05) is 26.7 Å². The molecule has 1 unspecified atom stereocenters. The molecule has 0 rings (SSSR count). The fourth-order valence-corrected chi connectivity index (χ4v) is 2.52. The molecule has 0 spiro atoms. The van der Waals surface area contributed by atoms with E-state index < -0.39 is 0 Å². The molecule has 0 aliphatic rings. The molecule has 0 fully saturated rings. The molecule has 0 aromatic rings. The Bertz CT molecular complexity index is 130. The first-order valence-electron chi connectivity index (χ1n) is 7.03. The Morgan fingerprint density at radius 1 is 0.867 bits per heavy atom. The Kier molecular flexibility index (Phi) is 8.13. The summed E-state index contributed by atoms with van der Waals surface area (Å²) >= 11 is 0. The van der Waals surface area contributed by atoms with Gasteiger partial charge in [0.15, 0.2) is 0 Å². The van der Waals surface area contributed by atoms with Crippen LogP contribution in [-0.2, 0) is 0 Å². The lowest BCUT2D eigenvalue weighted by atomic mass is 9.97. The molecule has 0 amide bonds. The standard InChI is InChI=1S/C14H32N/c1-6-11-12-14(7-2)13-15(8-3,9-4)10-5/h14H,6-13H2,1-5H3/q+1. The SMILES string of the molecule is CCCCC(CC)C[N+](CC)(CC)CC. The molecule has 1 heteroatoms. The van der Waals surface area contributed by atoms with E-state index in [9.17, 15) is 0 Å². The zero-order chi connectivity index (χ0) is 11.7. The van der Waals surface area contributed by atoms with Crippen LogP contribution in [0.25, 0.3) is 0 Å². The van der Waals surface area contributed by atoms with Crippen molar-refractivity contribution in [3.8, 4) is 0 Å². The highest BCUT2D eigenvalue weighted by atomic mass is 15.3. The number of unbranched alkanes of at least 4 members (excludes halogenated alkanes) is 1. The van der Waals surface area contributed by atoms with Gasteiger partial charge in [-0.05, 0) is 33.6 Å². The Labute approximate surface area is 97.5 Å². The molecule has 0 N–H and O–H groups in total. The lowest BCUT2D eigenvalue weighted by molar-refractivity contribution is -0.926. The lowest BCUT2D eigenvalue weighted by Gasteiger charge is -2.38.